The monoisotopic (exact) mass is 291 g/mol. The molecule has 0 aliphatic carbocycles. The minimum atomic E-state index is 0.259. The highest BCUT2D eigenvalue weighted by atomic mass is 15.1. The first-order valence-electron chi connectivity index (χ1n) is 8.02. The maximum atomic E-state index is 4.06. The molecule has 0 saturated carbocycles. The highest BCUT2D eigenvalue weighted by Crippen LogP contribution is 2.35. The van der Waals surface area contributed by atoms with Gasteiger partial charge in [-0.2, -0.15) is 0 Å². The smallest absolute Gasteiger partial charge is 0.225 e. The third-order valence-corrected chi connectivity index (χ3v) is 4.09. The van der Waals surface area contributed by atoms with Gasteiger partial charge in [-0.15, -0.1) is 0 Å². The Morgan fingerprint density at radius 3 is 2.33 bits per heavy atom. The van der Waals surface area contributed by atoms with Crippen molar-refractivity contribution >= 4 is 5.95 Å². The largest absolute Gasteiger partial charge is 0.354 e. The predicted octanol–water partition coefficient (Wildman–Crippen LogP) is 3.01. The van der Waals surface area contributed by atoms with Crippen LogP contribution in [0.25, 0.3) is 0 Å². The van der Waals surface area contributed by atoms with Gasteiger partial charge >= 0.3 is 0 Å². The molecule has 2 heterocycles. The molecule has 21 heavy (non-hydrogen) atoms. The van der Waals surface area contributed by atoms with Gasteiger partial charge < -0.3 is 10.6 Å². The summed E-state index contributed by atoms with van der Waals surface area (Å²) in [6.07, 6.45) is 9.33. The Labute approximate surface area is 128 Å². The second-order valence-electron chi connectivity index (χ2n) is 7.55. The van der Waals surface area contributed by atoms with Gasteiger partial charge in [0.2, 0.25) is 5.95 Å². The SMILES string of the molecule is CC1(C)CC(CCCCNc2ncncn2)CC(C)(C)N1. The van der Waals surface area contributed by atoms with Gasteiger partial charge in [0.05, 0.1) is 0 Å². The molecular formula is C16H29N5. The summed E-state index contributed by atoms with van der Waals surface area (Å²) in [5, 5.41) is 6.99. The van der Waals surface area contributed by atoms with E-state index in [9.17, 15) is 0 Å². The maximum absolute atomic E-state index is 4.06. The molecule has 0 bridgehead atoms. The molecule has 1 aliphatic heterocycles. The van der Waals surface area contributed by atoms with Crippen LogP contribution >= 0.6 is 0 Å². The van der Waals surface area contributed by atoms with Crippen LogP contribution in [0.15, 0.2) is 12.7 Å². The van der Waals surface area contributed by atoms with E-state index >= 15 is 0 Å². The van der Waals surface area contributed by atoms with E-state index in [1.807, 2.05) is 0 Å². The standard InChI is InChI=1S/C16H29N5/c1-15(2)9-13(10-16(3,4)21-15)7-5-6-8-18-14-19-11-17-12-20-14/h11-13,21H,5-10H2,1-4H3,(H,17,18,19,20). The van der Waals surface area contributed by atoms with Crippen LogP contribution in [0.2, 0.25) is 0 Å². The second kappa shape index (κ2) is 6.69. The van der Waals surface area contributed by atoms with Crippen molar-refractivity contribution in [3.05, 3.63) is 12.7 Å². The maximum Gasteiger partial charge on any atom is 0.225 e. The van der Waals surface area contributed by atoms with Gasteiger partial charge in [0.15, 0.2) is 0 Å². The molecule has 1 aromatic heterocycles. The number of anilines is 1. The lowest BCUT2D eigenvalue weighted by molar-refractivity contribution is 0.122. The quantitative estimate of drug-likeness (QED) is 0.789. The molecule has 2 N–H and O–H groups in total. The average molecular weight is 291 g/mol. The average Bonchev–Trinajstić information content (AvgIpc) is 2.36. The Bertz CT molecular complexity index is 414. The Kier molecular flexibility index (Phi) is 5.14. The zero-order valence-corrected chi connectivity index (χ0v) is 13.8. The number of nitrogens with zero attached hydrogens (tertiary/aromatic N) is 3. The highest BCUT2D eigenvalue weighted by molar-refractivity contribution is 5.19. The van der Waals surface area contributed by atoms with Crippen molar-refractivity contribution in [1.29, 1.82) is 0 Å². The fourth-order valence-corrected chi connectivity index (χ4v) is 3.83. The van der Waals surface area contributed by atoms with E-state index in [1.165, 1.54) is 38.3 Å². The van der Waals surface area contributed by atoms with Gasteiger partial charge in [0.25, 0.3) is 0 Å². The van der Waals surface area contributed by atoms with Crippen molar-refractivity contribution in [2.45, 2.75) is 70.9 Å². The first-order valence-corrected chi connectivity index (χ1v) is 8.02. The summed E-state index contributed by atoms with van der Waals surface area (Å²) in [6.45, 7) is 10.2. The van der Waals surface area contributed by atoms with Gasteiger partial charge in [0.1, 0.15) is 12.7 Å². The van der Waals surface area contributed by atoms with E-state index in [0.717, 1.165) is 18.9 Å². The third kappa shape index (κ3) is 5.58. The lowest BCUT2D eigenvalue weighted by Gasteiger charge is -2.46. The summed E-state index contributed by atoms with van der Waals surface area (Å²) in [5.74, 6) is 1.50. The molecule has 0 amide bonds. The molecule has 1 aliphatic rings. The Morgan fingerprint density at radius 2 is 1.71 bits per heavy atom. The minimum Gasteiger partial charge on any atom is -0.354 e. The van der Waals surface area contributed by atoms with Gasteiger partial charge in [-0.25, -0.2) is 15.0 Å². The number of hydrogen-bond acceptors (Lipinski definition) is 5. The Morgan fingerprint density at radius 1 is 1.10 bits per heavy atom. The first-order chi connectivity index (χ1) is 9.86. The molecule has 0 atom stereocenters. The molecule has 0 radical (unpaired) electrons. The Balaban J connectivity index is 1.66. The third-order valence-electron chi connectivity index (χ3n) is 4.09. The van der Waals surface area contributed by atoms with Crippen molar-refractivity contribution in [1.82, 2.24) is 20.3 Å². The molecule has 1 saturated heterocycles. The summed E-state index contributed by atoms with van der Waals surface area (Å²) in [5.41, 5.74) is 0.519. The van der Waals surface area contributed by atoms with E-state index in [-0.39, 0.29) is 11.1 Å². The molecule has 0 aromatic carbocycles. The van der Waals surface area contributed by atoms with E-state index < -0.39 is 0 Å². The van der Waals surface area contributed by atoms with E-state index in [1.54, 1.807) is 0 Å². The summed E-state index contributed by atoms with van der Waals surface area (Å²) in [6, 6.07) is 0. The van der Waals surface area contributed by atoms with E-state index in [0.29, 0.717) is 5.95 Å². The summed E-state index contributed by atoms with van der Waals surface area (Å²) >= 11 is 0. The lowest BCUT2D eigenvalue weighted by atomic mass is 9.74. The molecule has 1 aromatic rings. The van der Waals surface area contributed by atoms with Gasteiger partial charge in [-0.05, 0) is 52.9 Å². The first kappa shape index (κ1) is 16.1. The number of piperidine rings is 1. The minimum absolute atomic E-state index is 0.259. The number of hydrogen-bond donors (Lipinski definition) is 2. The van der Waals surface area contributed by atoms with Gasteiger partial charge in [0, 0.05) is 17.6 Å². The van der Waals surface area contributed by atoms with Gasteiger partial charge in [-0.3, -0.25) is 0 Å². The molecule has 1 fully saturated rings. The normalized spacial score (nSPS) is 21.1. The fourth-order valence-electron chi connectivity index (χ4n) is 3.83. The summed E-state index contributed by atoms with van der Waals surface area (Å²) in [4.78, 5) is 11.9. The van der Waals surface area contributed by atoms with E-state index in [4.69, 9.17) is 0 Å². The summed E-state index contributed by atoms with van der Waals surface area (Å²) < 4.78 is 0. The second-order valence-corrected chi connectivity index (χ2v) is 7.55. The van der Waals surface area contributed by atoms with Crippen LogP contribution in [0.4, 0.5) is 5.95 Å². The highest BCUT2D eigenvalue weighted by Gasteiger charge is 2.36. The van der Waals surface area contributed by atoms with Crippen molar-refractivity contribution in [3.63, 3.8) is 0 Å². The van der Waals surface area contributed by atoms with Crippen LogP contribution in [0.1, 0.15) is 59.8 Å². The van der Waals surface area contributed by atoms with Gasteiger partial charge in [-0.1, -0.05) is 12.8 Å². The molecule has 5 heteroatoms. The van der Waals surface area contributed by atoms with Crippen LogP contribution in [-0.2, 0) is 0 Å². The van der Waals surface area contributed by atoms with Crippen molar-refractivity contribution in [2.24, 2.45) is 5.92 Å². The summed E-state index contributed by atoms with van der Waals surface area (Å²) in [7, 11) is 0. The zero-order valence-electron chi connectivity index (χ0n) is 13.8. The topological polar surface area (TPSA) is 62.7 Å². The molecule has 5 nitrogen and oxygen atoms in total. The fraction of sp³-hybridized carbons (Fsp3) is 0.812. The molecule has 2 rings (SSSR count). The van der Waals surface area contributed by atoms with Crippen LogP contribution in [0, 0.1) is 5.92 Å². The number of rotatable bonds is 6. The molecular weight excluding hydrogens is 262 g/mol. The molecule has 0 spiro atoms. The molecule has 118 valence electrons. The zero-order chi connectivity index (χ0) is 15.3. The lowest BCUT2D eigenvalue weighted by Crippen LogP contribution is -2.57. The van der Waals surface area contributed by atoms with Crippen LogP contribution in [-0.4, -0.2) is 32.6 Å². The van der Waals surface area contributed by atoms with Crippen molar-refractivity contribution in [3.8, 4) is 0 Å². The predicted molar refractivity (Wildman–Crippen MR) is 86.2 cm³/mol. The Hall–Kier alpha value is -1.23. The van der Waals surface area contributed by atoms with E-state index in [2.05, 4.69) is 53.3 Å². The van der Waals surface area contributed by atoms with Crippen LogP contribution < -0.4 is 10.6 Å². The molecule has 0 unspecified atom stereocenters. The number of unbranched alkanes of at least 4 members (excludes halogenated alkanes) is 1. The van der Waals surface area contributed by atoms with Crippen LogP contribution in [0.5, 0.6) is 0 Å². The number of aromatic nitrogens is 3. The van der Waals surface area contributed by atoms with Crippen LogP contribution in [0.3, 0.4) is 0 Å². The van der Waals surface area contributed by atoms with Crippen molar-refractivity contribution in [2.75, 3.05) is 11.9 Å². The van der Waals surface area contributed by atoms with Crippen molar-refractivity contribution < 1.29 is 0 Å². The number of nitrogens with one attached hydrogen (secondary N) is 2.